The Balaban J connectivity index is 3.15. The third-order valence-electron chi connectivity index (χ3n) is 1.83. The highest BCUT2D eigenvalue weighted by atomic mass is 19.1. The maximum atomic E-state index is 13.3. The Hall–Kier alpha value is -1.15. The summed E-state index contributed by atoms with van der Waals surface area (Å²) in [6.07, 6.45) is 1.53. The van der Waals surface area contributed by atoms with Crippen molar-refractivity contribution < 1.29 is 4.39 Å². The van der Waals surface area contributed by atoms with Gasteiger partial charge in [-0.2, -0.15) is 0 Å². The molecular formula is C10H12FN. The van der Waals surface area contributed by atoms with Crippen molar-refractivity contribution in [1.82, 2.24) is 0 Å². The number of hydrogen-bond donors (Lipinski definition) is 1. The van der Waals surface area contributed by atoms with E-state index in [1.54, 1.807) is 25.1 Å². The van der Waals surface area contributed by atoms with Gasteiger partial charge in [-0.25, -0.2) is 4.39 Å². The summed E-state index contributed by atoms with van der Waals surface area (Å²) in [6, 6.07) is 4.77. The van der Waals surface area contributed by atoms with E-state index in [0.717, 1.165) is 0 Å². The minimum absolute atomic E-state index is 0.232. The summed E-state index contributed by atoms with van der Waals surface area (Å²) in [7, 11) is 0. The molecule has 1 nitrogen and oxygen atoms in total. The zero-order valence-corrected chi connectivity index (χ0v) is 7.05. The Morgan fingerprint density at radius 1 is 1.58 bits per heavy atom. The summed E-state index contributed by atoms with van der Waals surface area (Å²) in [4.78, 5) is 0. The number of rotatable bonds is 2. The summed E-state index contributed by atoms with van der Waals surface area (Å²) in [5.74, 6) is -0.232. The van der Waals surface area contributed by atoms with Gasteiger partial charge >= 0.3 is 0 Å². The van der Waals surface area contributed by atoms with Crippen LogP contribution in [0.3, 0.4) is 0 Å². The molecule has 1 aromatic carbocycles. The Labute approximate surface area is 71.7 Å². The van der Waals surface area contributed by atoms with E-state index >= 15 is 0 Å². The molecule has 0 aliphatic carbocycles. The first-order valence-corrected chi connectivity index (χ1v) is 3.80. The lowest BCUT2D eigenvalue weighted by molar-refractivity contribution is 0.593. The molecule has 0 radical (unpaired) electrons. The molecule has 0 aromatic heterocycles. The highest BCUT2D eigenvalue weighted by Crippen LogP contribution is 2.17. The fourth-order valence-electron chi connectivity index (χ4n) is 1.05. The van der Waals surface area contributed by atoms with Gasteiger partial charge in [-0.1, -0.05) is 24.3 Å². The first-order chi connectivity index (χ1) is 5.66. The number of halogens is 1. The van der Waals surface area contributed by atoms with Crippen molar-refractivity contribution in [2.75, 3.05) is 0 Å². The van der Waals surface area contributed by atoms with Gasteiger partial charge in [0.15, 0.2) is 0 Å². The van der Waals surface area contributed by atoms with Crippen LogP contribution >= 0.6 is 0 Å². The van der Waals surface area contributed by atoms with Gasteiger partial charge in [0.1, 0.15) is 5.82 Å². The van der Waals surface area contributed by atoms with E-state index in [2.05, 4.69) is 6.58 Å². The van der Waals surface area contributed by atoms with Crippen LogP contribution in [0.2, 0.25) is 0 Å². The van der Waals surface area contributed by atoms with Crippen molar-refractivity contribution in [2.45, 2.75) is 13.0 Å². The molecule has 0 spiro atoms. The number of hydrogen-bond acceptors (Lipinski definition) is 1. The molecule has 12 heavy (non-hydrogen) atoms. The van der Waals surface area contributed by atoms with Gasteiger partial charge in [0.25, 0.3) is 0 Å². The van der Waals surface area contributed by atoms with Gasteiger partial charge in [0.05, 0.1) is 6.04 Å². The molecule has 0 amide bonds. The minimum Gasteiger partial charge on any atom is -0.321 e. The molecule has 1 aromatic rings. The van der Waals surface area contributed by atoms with Gasteiger partial charge in [0, 0.05) is 5.56 Å². The maximum Gasteiger partial charge on any atom is 0.131 e. The lowest BCUT2D eigenvalue weighted by atomic mass is 10.0. The van der Waals surface area contributed by atoms with Crippen LogP contribution in [-0.4, -0.2) is 0 Å². The van der Waals surface area contributed by atoms with Crippen LogP contribution in [0.1, 0.15) is 17.2 Å². The first kappa shape index (κ1) is 8.94. The zero-order valence-electron chi connectivity index (χ0n) is 7.05. The Kier molecular flexibility index (Phi) is 2.61. The highest BCUT2D eigenvalue weighted by Gasteiger charge is 2.08. The lowest BCUT2D eigenvalue weighted by Gasteiger charge is -2.08. The monoisotopic (exact) mass is 165 g/mol. The molecular weight excluding hydrogens is 153 g/mol. The van der Waals surface area contributed by atoms with E-state index < -0.39 is 6.04 Å². The predicted molar refractivity (Wildman–Crippen MR) is 48.3 cm³/mol. The second kappa shape index (κ2) is 3.50. The van der Waals surface area contributed by atoms with Gasteiger partial charge < -0.3 is 5.73 Å². The van der Waals surface area contributed by atoms with Crippen molar-refractivity contribution in [1.29, 1.82) is 0 Å². The van der Waals surface area contributed by atoms with Crippen LogP contribution in [-0.2, 0) is 0 Å². The van der Waals surface area contributed by atoms with Gasteiger partial charge in [-0.05, 0) is 12.5 Å². The molecule has 2 heteroatoms. The predicted octanol–water partition coefficient (Wildman–Crippen LogP) is 2.32. The van der Waals surface area contributed by atoms with Crippen LogP contribution in [0.15, 0.2) is 30.9 Å². The highest BCUT2D eigenvalue weighted by molar-refractivity contribution is 5.29. The number of nitrogens with two attached hydrogens (primary N) is 1. The van der Waals surface area contributed by atoms with E-state index in [4.69, 9.17) is 5.73 Å². The van der Waals surface area contributed by atoms with Crippen LogP contribution in [0.25, 0.3) is 0 Å². The minimum atomic E-state index is -0.412. The second-order valence-corrected chi connectivity index (χ2v) is 2.74. The van der Waals surface area contributed by atoms with E-state index in [1.165, 1.54) is 6.08 Å². The fourth-order valence-corrected chi connectivity index (χ4v) is 1.05. The van der Waals surface area contributed by atoms with Crippen molar-refractivity contribution in [3.05, 3.63) is 47.8 Å². The summed E-state index contributed by atoms with van der Waals surface area (Å²) in [6.45, 7) is 5.23. The topological polar surface area (TPSA) is 26.0 Å². The number of benzene rings is 1. The summed E-state index contributed by atoms with van der Waals surface area (Å²) in [5.41, 5.74) is 6.73. The lowest BCUT2D eigenvalue weighted by Crippen LogP contribution is -2.09. The van der Waals surface area contributed by atoms with Crippen LogP contribution in [0.5, 0.6) is 0 Å². The summed E-state index contributed by atoms with van der Waals surface area (Å²) in [5, 5.41) is 0. The SMILES string of the molecule is C=C[C@H](N)c1cccc(C)c1F. The van der Waals surface area contributed by atoms with Crippen molar-refractivity contribution in [3.63, 3.8) is 0 Å². The van der Waals surface area contributed by atoms with Gasteiger partial charge in [-0.15, -0.1) is 6.58 Å². The van der Waals surface area contributed by atoms with Gasteiger partial charge in [-0.3, -0.25) is 0 Å². The third-order valence-corrected chi connectivity index (χ3v) is 1.83. The molecule has 0 unspecified atom stereocenters. The largest absolute Gasteiger partial charge is 0.321 e. The standard InChI is InChI=1S/C10H12FN/c1-3-9(12)8-6-4-5-7(2)10(8)11/h3-6,9H,1,12H2,2H3/t9-/m0/s1. The van der Waals surface area contributed by atoms with Crippen molar-refractivity contribution in [3.8, 4) is 0 Å². The van der Waals surface area contributed by atoms with Crippen LogP contribution in [0.4, 0.5) is 4.39 Å². The fraction of sp³-hybridized carbons (Fsp3) is 0.200. The quantitative estimate of drug-likeness (QED) is 0.669. The Morgan fingerprint density at radius 2 is 2.25 bits per heavy atom. The molecule has 0 fully saturated rings. The summed E-state index contributed by atoms with van der Waals surface area (Å²) < 4.78 is 13.3. The normalized spacial score (nSPS) is 12.6. The van der Waals surface area contributed by atoms with E-state index in [-0.39, 0.29) is 5.82 Å². The maximum absolute atomic E-state index is 13.3. The average molecular weight is 165 g/mol. The average Bonchev–Trinajstić information content (AvgIpc) is 2.08. The molecule has 1 atom stereocenters. The summed E-state index contributed by atoms with van der Waals surface area (Å²) >= 11 is 0. The third kappa shape index (κ3) is 1.53. The zero-order chi connectivity index (χ0) is 9.14. The van der Waals surface area contributed by atoms with Gasteiger partial charge in [0.2, 0.25) is 0 Å². The van der Waals surface area contributed by atoms with E-state index in [0.29, 0.717) is 11.1 Å². The molecule has 0 aliphatic heterocycles. The number of aryl methyl sites for hydroxylation is 1. The molecule has 0 aliphatic rings. The molecule has 0 bridgehead atoms. The second-order valence-electron chi connectivity index (χ2n) is 2.74. The Bertz CT molecular complexity index is 294. The van der Waals surface area contributed by atoms with Crippen molar-refractivity contribution >= 4 is 0 Å². The van der Waals surface area contributed by atoms with Crippen LogP contribution < -0.4 is 5.73 Å². The van der Waals surface area contributed by atoms with Crippen molar-refractivity contribution in [2.24, 2.45) is 5.73 Å². The molecule has 1 rings (SSSR count). The molecule has 0 saturated heterocycles. The van der Waals surface area contributed by atoms with E-state index in [1.807, 2.05) is 0 Å². The molecule has 2 N–H and O–H groups in total. The smallest absolute Gasteiger partial charge is 0.131 e. The first-order valence-electron chi connectivity index (χ1n) is 3.80. The molecule has 0 saturated carbocycles. The molecule has 0 heterocycles. The van der Waals surface area contributed by atoms with E-state index in [9.17, 15) is 4.39 Å². The Morgan fingerprint density at radius 3 is 2.83 bits per heavy atom. The van der Waals surface area contributed by atoms with Crippen LogP contribution in [0, 0.1) is 12.7 Å². The molecule has 64 valence electrons.